The standard InChI is InChI=1S/C17H20N4O5S2/c1-28(25,26)21-17-20-13(10-27-17)16(24)19-9-14(22)15(23)12(8-18)7-11-5-3-2-4-6-11/h2-6,10,12,14-15,22-23H,7,9H2,1H3,(H,19,24)(H,20,21). The fraction of sp³-hybridized carbons (Fsp3) is 0.353. The zero-order valence-electron chi connectivity index (χ0n) is 14.9. The maximum atomic E-state index is 12.1. The second kappa shape index (κ2) is 9.61. The summed E-state index contributed by atoms with van der Waals surface area (Å²) in [6.07, 6.45) is -1.49. The summed E-state index contributed by atoms with van der Waals surface area (Å²) in [6, 6.07) is 11.1. The Morgan fingerprint density at radius 3 is 2.61 bits per heavy atom. The number of rotatable bonds is 9. The number of nitrogens with one attached hydrogen (secondary N) is 2. The molecular weight excluding hydrogens is 404 g/mol. The fourth-order valence-corrected chi connectivity index (χ4v) is 3.91. The lowest BCUT2D eigenvalue weighted by Gasteiger charge is -2.22. The second-order valence-electron chi connectivity index (χ2n) is 6.11. The Labute approximate surface area is 166 Å². The average molecular weight is 425 g/mol. The molecule has 9 nitrogen and oxygen atoms in total. The van der Waals surface area contributed by atoms with Gasteiger partial charge in [0.1, 0.15) is 5.69 Å². The topological polar surface area (TPSA) is 152 Å². The number of hydrogen-bond acceptors (Lipinski definition) is 8. The molecule has 0 saturated carbocycles. The van der Waals surface area contributed by atoms with E-state index in [1.165, 1.54) is 5.38 Å². The van der Waals surface area contributed by atoms with Gasteiger partial charge in [-0.15, -0.1) is 11.3 Å². The van der Waals surface area contributed by atoms with Crippen molar-refractivity contribution in [2.24, 2.45) is 5.92 Å². The molecule has 1 amide bonds. The van der Waals surface area contributed by atoms with Crippen LogP contribution in [0.2, 0.25) is 0 Å². The molecule has 0 bridgehead atoms. The number of hydrogen-bond donors (Lipinski definition) is 4. The van der Waals surface area contributed by atoms with Gasteiger partial charge in [0.15, 0.2) is 5.13 Å². The molecule has 2 rings (SSSR count). The number of amides is 1. The Balaban J connectivity index is 1.90. The van der Waals surface area contributed by atoms with Crippen LogP contribution in [-0.4, -0.2) is 54.5 Å². The van der Waals surface area contributed by atoms with E-state index in [0.717, 1.165) is 23.2 Å². The van der Waals surface area contributed by atoms with Gasteiger partial charge in [0.2, 0.25) is 10.0 Å². The van der Waals surface area contributed by atoms with E-state index >= 15 is 0 Å². The number of aliphatic hydroxyl groups excluding tert-OH is 2. The number of nitriles is 1. The van der Waals surface area contributed by atoms with E-state index in [-0.39, 0.29) is 23.8 Å². The van der Waals surface area contributed by atoms with Gasteiger partial charge < -0.3 is 15.5 Å². The number of carbonyl (C=O) groups is 1. The highest BCUT2D eigenvalue weighted by molar-refractivity contribution is 7.92. The van der Waals surface area contributed by atoms with Gasteiger partial charge in [-0.25, -0.2) is 13.4 Å². The molecular formula is C17H20N4O5S2. The molecule has 1 aromatic heterocycles. The number of thiazole rings is 1. The Hall–Kier alpha value is -2.52. The van der Waals surface area contributed by atoms with Crippen molar-refractivity contribution in [1.29, 1.82) is 5.26 Å². The summed E-state index contributed by atoms with van der Waals surface area (Å²) in [4.78, 5) is 15.9. The molecule has 0 aliphatic carbocycles. The number of carbonyl (C=O) groups excluding carboxylic acids is 1. The van der Waals surface area contributed by atoms with Crippen LogP contribution in [-0.2, 0) is 16.4 Å². The van der Waals surface area contributed by atoms with Crippen LogP contribution >= 0.6 is 11.3 Å². The third kappa shape index (κ3) is 6.58. The van der Waals surface area contributed by atoms with Crippen molar-refractivity contribution in [3.05, 3.63) is 47.0 Å². The molecule has 3 unspecified atom stereocenters. The quantitative estimate of drug-likeness (QED) is 0.453. The molecule has 0 spiro atoms. The maximum absolute atomic E-state index is 12.1. The summed E-state index contributed by atoms with van der Waals surface area (Å²) in [7, 11) is -3.50. The Kier molecular flexibility index (Phi) is 7.47. The summed E-state index contributed by atoms with van der Waals surface area (Å²) in [6.45, 7) is -0.292. The SMILES string of the molecule is CS(=O)(=O)Nc1nc(C(=O)NCC(O)C(O)C(C#N)Cc2ccccc2)cs1. The molecule has 1 heterocycles. The highest BCUT2D eigenvalue weighted by Gasteiger charge is 2.27. The molecule has 3 atom stereocenters. The van der Waals surface area contributed by atoms with Crippen molar-refractivity contribution < 1.29 is 23.4 Å². The van der Waals surface area contributed by atoms with Gasteiger partial charge in [-0.05, 0) is 12.0 Å². The lowest BCUT2D eigenvalue weighted by molar-refractivity contribution is -0.00203. The van der Waals surface area contributed by atoms with Crippen LogP contribution in [0.15, 0.2) is 35.7 Å². The zero-order valence-corrected chi connectivity index (χ0v) is 16.6. The molecule has 0 aliphatic rings. The number of sulfonamides is 1. The van der Waals surface area contributed by atoms with Crippen LogP contribution in [0.25, 0.3) is 0 Å². The molecule has 150 valence electrons. The minimum absolute atomic E-state index is 0.0287. The largest absolute Gasteiger partial charge is 0.389 e. The summed E-state index contributed by atoms with van der Waals surface area (Å²) in [5.41, 5.74) is 0.816. The smallest absolute Gasteiger partial charge is 0.270 e. The van der Waals surface area contributed by atoms with Crippen LogP contribution in [0.3, 0.4) is 0 Å². The first-order valence-corrected chi connectivity index (χ1v) is 11.0. The van der Waals surface area contributed by atoms with Gasteiger partial charge in [0, 0.05) is 11.9 Å². The summed E-state index contributed by atoms with van der Waals surface area (Å²) < 4.78 is 24.5. The maximum Gasteiger partial charge on any atom is 0.270 e. The number of anilines is 1. The molecule has 0 radical (unpaired) electrons. The van der Waals surface area contributed by atoms with E-state index in [1.54, 1.807) is 0 Å². The minimum atomic E-state index is -3.50. The molecule has 4 N–H and O–H groups in total. The zero-order chi connectivity index (χ0) is 20.7. The van der Waals surface area contributed by atoms with Crippen LogP contribution < -0.4 is 10.0 Å². The van der Waals surface area contributed by atoms with Crippen molar-refractivity contribution in [3.8, 4) is 6.07 Å². The molecule has 11 heteroatoms. The Bertz CT molecular complexity index is 940. The normalized spacial score (nSPS) is 14.5. The summed E-state index contributed by atoms with van der Waals surface area (Å²) in [5, 5.41) is 33.5. The van der Waals surface area contributed by atoms with Gasteiger partial charge in [-0.2, -0.15) is 5.26 Å². The van der Waals surface area contributed by atoms with Crippen molar-refractivity contribution in [2.75, 3.05) is 17.5 Å². The predicted octanol–water partition coefficient (Wildman–Crippen LogP) is 0.349. The van der Waals surface area contributed by atoms with Crippen molar-refractivity contribution >= 4 is 32.4 Å². The van der Waals surface area contributed by atoms with Gasteiger partial charge in [-0.1, -0.05) is 30.3 Å². The Morgan fingerprint density at radius 1 is 1.32 bits per heavy atom. The van der Waals surface area contributed by atoms with E-state index < -0.39 is 34.1 Å². The predicted molar refractivity (Wildman–Crippen MR) is 104 cm³/mol. The first-order chi connectivity index (χ1) is 13.2. The lowest BCUT2D eigenvalue weighted by atomic mass is 9.92. The monoisotopic (exact) mass is 424 g/mol. The lowest BCUT2D eigenvalue weighted by Crippen LogP contribution is -2.42. The third-order valence-corrected chi connectivity index (χ3v) is 5.20. The van der Waals surface area contributed by atoms with Crippen molar-refractivity contribution in [1.82, 2.24) is 10.3 Å². The highest BCUT2D eigenvalue weighted by Crippen LogP contribution is 2.17. The number of aromatic nitrogens is 1. The van der Waals surface area contributed by atoms with Gasteiger partial charge in [0.25, 0.3) is 5.91 Å². The van der Waals surface area contributed by atoms with Crippen molar-refractivity contribution in [2.45, 2.75) is 18.6 Å². The van der Waals surface area contributed by atoms with Gasteiger partial charge in [0.05, 0.1) is 30.5 Å². The van der Waals surface area contributed by atoms with E-state index in [4.69, 9.17) is 0 Å². The van der Waals surface area contributed by atoms with E-state index in [2.05, 4.69) is 15.0 Å². The van der Waals surface area contributed by atoms with Crippen LogP contribution in [0.5, 0.6) is 0 Å². The van der Waals surface area contributed by atoms with Crippen molar-refractivity contribution in [3.63, 3.8) is 0 Å². The van der Waals surface area contributed by atoms with Gasteiger partial charge in [-0.3, -0.25) is 9.52 Å². The van der Waals surface area contributed by atoms with Crippen LogP contribution in [0.4, 0.5) is 5.13 Å². The molecule has 0 saturated heterocycles. The number of benzene rings is 1. The molecule has 0 aliphatic heterocycles. The first-order valence-electron chi connectivity index (χ1n) is 8.21. The molecule has 0 fully saturated rings. The summed E-state index contributed by atoms with van der Waals surface area (Å²) in [5.74, 6) is -1.49. The Morgan fingerprint density at radius 2 is 2.00 bits per heavy atom. The van der Waals surface area contributed by atoms with Gasteiger partial charge >= 0.3 is 0 Å². The van der Waals surface area contributed by atoms with Crippen LogP contribution in [0, 0.1) is 17.2 Å². The fourth-order valence-electron chi connectivity index (χ4n) is 2.37. The highest BCUT2D eigenvalue weighted by atomic mass is 32.2. The van der Waals surface area contributed by atoms with E-state index in [0.29, 0.717) is 0 Å². The number of aliphatic hydroxyl groups is 2. The molecule has 28 heavy (non-hydrogen) atoms. The first kappa shape index (κ1) is 21.8. The van der Waals surface area contributed by atoms with Crippen LogP contribution in [0.1, 0.15) is 16.1 Å². The molecule has 1 aromatic carbocycles. The average Bonchev–Trinajstić information content (AvgIpc) is 3.10. The minimum Gasteiger partial charge on any atom is -0.389 e. The third-order valence-electron chi connectivity index (χ3n) is 3.75. The van der Waals surface area contributed by atoms with E-state index in [1.807, 2.05) is 36.4 Å². The summed E-state index contributed by atoms with van der Waals surface area (Å²) >= 11 is 0.938. The molecule has 2 aromatic rings. The second-order valence-corrected chi connectivity index (χ2v) is 8.71. The number of nitrogens with zero attached hydrogens (tertiary/aromatic N) is 2. The van der Waals surface area contributed by atoms with E-state index in [9.17, 15) is 28.7 Å².